The minimum atomic E-state index is -3.75. The van der Waals surface area contributed by atoms with Gasteiger partial charge in [0.2, 0.25) is 10.0 Å². The number of nitrogens with zero attached hydrogens (tertiary/aromatic N) is 1. The van der Waals surface area contributed by atoms with Crippen LogP contribution in [-0.4, -0.2) is 39.0 Å². The number of rotatable bonds is 7. The smallest absolute Gasteiger partial charge is 0.413 e. The molecule has 1 heterocycles. The number of nitriles is 1. The van der Waals surface area contributed by atoms with Gasteiger partial charge in [0.25, 0.3) is 0 Å². The molecule has 10 heteroatoms. The average Bonchev–Trinajstić information content (AvgIpc) is 2.88. The molecule has 0 saturated carbocycles. The lowest BCUT2D eigenvalue weighted by Crippen LogP contribution is -2.48. The normalized spacial score (nSPS) is 15.1. The molecule has 1 fully saturated rings. The van der Waals surface area contributed by atoms with E-state index in [1.165, 1.54) is 0 Å². The molecular formula is C29H32N4O5S. The van der Waals surface area contributed by atoms with Crippen LogP contribution in [0.2, 0.25) is 0 Å². The van der Waals surface area contributed by atoms with Gasteiger partial charge in [0.05, 0.1) is 29.7 Å². The third kappa shape index (κ3) is 7.35. The van der Waals surface area contributed by atoms with Gasteiger partial charge in [-0.1, -0.05) is 36.4 Å². The van der Waals surface area contributed by atoms with Crippen molar-refractivity contribution in [2.24, 2.45) is 0 Å². The molecule has 0 bridgehead atoms. The molecule has 1 saturated heterocycles. The Hall–Kier alpha value is -3.91. The van der Waals surface area contributed by atoms with E-state index in [4.69, 9.17) is 9.47 Å². The van der Waals surface area contributed by atoms with Crippen LogP contribution in [0.15, 0.2) is 77.7 Å². The highest BCUT2D eigenvalue weighted by Crippen LogP contribution is 2.31. The molecule has 39 heavy (non-hydrogen) atoms. The van der Waals surface area contributed by atoms with Gasteiger partial charge in [-0.15, -0.1) is 0 Å². The number of ether oxygens (including phenoxy) is 2. The maximum atomic E-state index is 13.0. The van der Waals surface area contributed by atoms with Crippen molar-refractivity contribution in [2.45, 2.75) is 49.8 Å². The van der Waals surface area contributed by atoms with Gasteiger partial charge in [-0.05, 0) is 62.7 Å². The fourth-order valence-corrected chi connectivity index (χ4v) is 5.98. The van der Waals surface area contributed by atoms with Gasteiger partial charge < -0.3 is 14.8 Å². The molecule has 204 valence electrons. The van der Waals surface area contributed by atoms with Crippen LogP contribution in [0.25, 0.3) is 11.1 Å². The van der Waals surface area contributed by atoms with Crippen molar-refractivity contribution in [1.82, 2.24) is 4.72 Å². The Labute approximate surface area is 229 Å². The third-order valence-electron chi connectivity index (χ3n) is 6.01. The first-order valence-corrected chi connectivity index (χ1v) is 14.1. The van der Waals surface area contributed by atoms with E-state index in [1.807, 2.05) is 6.07 Å². The molecular weight excluding hydrogens is 516 g/mol. The molecule has 1 aliphatic rings. The van der Waals surface area contributed by atoms with E-state index in [9.17, 15) is 18.5 Å². The Bertz CT molecular complexity index is 1470. The number of carbonyl (C=O) groups excluding carboxylic acids is 1. The SMILES string of the molecule is CC(C)(C)NS(=O)(=O)c1ccccc1-c1ccc(NC(=O)OC2(Nc3cccc(C#N)c3)CCOCC2)cc1. The van der Waals surface area contributed by atoms with Crippen molar-refractivity contribution in [3.05, 3.63) is 78.4 Å². The molecule has 3 aromatic carbocycles. The zero-order valence-electron chi connectivity index (χ0n) is 22.2. The van der Waals surface area contributed by atoms with Crippen molar-refractivity contribution in [1.29, 1.82) is 5.26 Å². The molecule has 1 amide bonds. The summed E-state index contributed by atoms with van der Waals surface area (Å²) in [6, 6.07) is 22.7. The zero-order chi connectivity index (χ0) is 28.1. The molecule has 3 aromatic rings. The number of sulfonamides is 1. The largest absolute Gasteiger partial charge is 0.423 e. The van der Waals surface area contributed by atoms with Gasteiger partial charge in [0, 0.05) is 35.3 Å². The summed E-state index contributed by atoms with van der Waals surface area (Å²) < 4.78 is 40.1. The van der Waals surface area contributed by atoms with Crippen LogP contribution in [0.3, 0.4) is 0 Å². The number of amides is 1. The molecule has 3 N–H and O–H groups in total. The Morgan fingerprint density at radius 2 is 1.67 bits per heavy atom. The molecule has 1 aliphatic heterocycles. The summed E-state index contributed by atoms with van der Waals surface area (Å²) >= 11 is 0. The number of carbonyl (C=O) groups is 1. The van der Waals surface area contributed by atoms with Gasteiger partial charge in [-0.2, -0.15) is 5.26 Å². The molecule has 0 aliphatic carbocycles. The number of anilines is 2. The van der Waals surface area contributed by atoms with Crippen molar-refractivity contribution in [3.8, 4) is 17.2 Å². The molecule has 9 nitrogen and oxygen atoms in total. The lowest BCUT2D eigenvalue weighted by molar-refractivity contribution is -0.0495. The Morgan fingerprint density at radius 1 is 0.974 bits per heavy atom. The predicted molar refractivity (Wildman–Crippen MR) is 150 cm³/mol. The van der Waals surface area contributed by atoms with E-state index < -0.39 is 27.4 Å². The van der Waals surface area contributed by atoms with Crippen LogP contribution < -0.4 is 15.4 Å². The summed E-state index contributed by atoms with van der Waals surface area (Å²) in [6.07, 6.45) is 0.222. The highest BCUT2D eigenvalue weighted by Gasteiger charge is 2.37. The molecule has 4 rings (SSSR count). The number of hydrogen-bond acceptors (Lipinski definition) is 7. The molecule has 0 aromatic heterocycles. The maximum Gasteiger partial charge on any atom is 0.413 e. The summed E-state index contributed by atoms with van der Waals surface area (Å²) in [6.45, 7) is 6.20. The third-order valence-corrected chi connectivity index (χ3v) is 7.83. The minimum absolute atomic E-state index is 0.174. The van der Waals surface area contributed by atoms with Crippen molar-refractivity contribution >= 4 is 27.5 Å². The number of hydrogen-bond donors (Lipinski definition) is 3. The Morgan fingerprint density at radius 3 is 2.33 bits per heavy atom. The van der Waals surface area contributed by atoms with E-state index in [2.05, 4.69) is 21.4 Å². The quantitative estimate of drug-likeness (QED) is 0.334. The lowest BCUT2D eigenvalue weighted by Gasteiger charge is -2.37. The summed E-state index contributed by atoms with van der Waals surface area (Å²) in [7, 11) is -3.75. The van der Waals surface area contributed by atoms with E-state index in [1.54, 1.807) is 87.5 Å². The van der Waals surface area contributed by atoms with Crippen LogP contribution in [0.5, 0.6) is 0 Å². The first kappa shape index (κ1) is 28.1. The van der Waals surface area contributed by atoms with Crippen LogP contribution in [0.1, 0.15) is 39.2 Å². The van der Waals surface area contributed by atoms with Gasteiger partial charge in [0.1, 0.15) is 0 Å². The molecule has 0 spiro atoms. The Balaban J connectivity index is 1.49. The monoisotopic (exact) mass is 548 g/mol. The molecule has 0 unspecified atom stereocenters. The first-order valence-electron chi connectivity index (χ1n) is 12.6. The summed E-state index contributed by atoms with van der Waals surface area (Å²) in [5.74, 6) is 0. The lowest BCUT2D eigenvalue weighted by atomic mass is 10.0. The van der Waals surface area contributed by atoms with Crippen LogP contribution in [-0.2, 0) is 19.5 Å². The summed E-state index contributed by atoms with van der Waals surface area (Å²) in [5.41, 5.74) is 1.26. The molecule has 0 atom stereocenters. The first-order chi connectivity index (χ1) is 18.5. The summed E-state index contributed by atoms with van der Waals surface area (Å²) in [5, 5.41) is 15.2. The second-order valence-corrected chi connectivity index (χ2v) is 12.0. The summed E-state index contributed by atoms with van der Waals surface area (Å²) in [4.78, 5) is 13.1. The van der Waals surface area contributed by atoms with Crippen molar-refractivity contribution < 1.29 is 22.7 Å². The predicted octanol–water partition coefficient (Wildman–Crippen LogP) is 5.47. The maximum absolute atomic E-state index is 13.0. The highest BCUT2D eigenvalue weighted by molar-refractivity contribution is 7.89. The topological polar surface area (TPSA) is 130 Å². The molecule has 0 radical (unpaired) electrons. The van der Waals surface area contributed by atoms with Crippen molar-refractivity contribution in [3.63, 3.8) is 0 Å². The Kier molecular flexibility index (Phi) is 8.25. The van der Waals surface area contributed by atoms with Crippen LogP contribution >= 0.6 is 0 Å². The zero-order valence-corrected chi connectivity index (χ0v) is 23.0. The standard InChI is InChI=1S/C29H32N4O5S/c1-28(2,3)33-39(35,36)26-10-5-4-9-25(26)22-11-13-23(14-12-22)31-27(34)38-29(15-17-37-18-16-29)32-24-8-6-7-21(19-24)20-30/h4-14,19,32-33H,15-18H2,1-3H3,(H,31,34). The minimum Gasteiger partial charge on any atom is -0.423 e. The second kappa shape index (κ2) is 11.5. The van der Waals surface area contributed by atoms with Gasteiger partial charge in [-0.3, -0.25) is 5.32 Å². The number of nitrogens with one attached hydrogen (secondary N) is 3. The van der Waals surface area contributed by atoms with Crippen LogP contribution in [0.4, 0.5) is 16.2 Å². The average molecular weight is 549 g/mol. The van der Waals surface area contributed by atoms with E-state index in [0.717, 1.165) is 0 Å². The van der Waals surface area contributed by atoms with Gasteiger partial charge in [-0.25, -0.2) is 17.9 Å². The fraction of sp³-hybridized carbons (Fsp3) is 0.310. The highest BCUT2D eigenvalue weighted by atomic mass is 32.2. The van der Waals surface area contributed by atoms with E-state index in [0.29, 0.717) is 54.1 Å². The van der Waals surface area contributed by atoms with Crippen molar-refractivity contribution in [2.75, 3.05) is 23.8 Å². The van der Waals surface area contributed by atoms with E-state index in [-0.39, 0.29) is 4.90 Å². The van der Waals surface area contributed by atoms with Gasteiger partial charge in [0.15, 0.2) is 5.72 Å². The van der Waals surface area contributed by atoms with E-state index >= 15 is 0 Å². The van der Waals surface area contributed by atoms with Crippen LogP contribution in [0, 0.1) is 11.3 Å². The second-order valence-electron chi connectivity index (χ2n) is 10.4. The fourth-order valence-electron chi connectivity index (χ4n) is 4.33. The number of benzene rings is 3. The van der Waals surface area contributed by atoms with Gasteiger partial charge >= 0.3 is 6.09 Å².